The first-order valence-electron chi connectivity index (χ1n) is 10.00. The van der Waals surface area contributed by atoms with Crippen molar-refractivity contribution in [1.29, 1.82) is 0 Å². The smallest absolute Gasteiger partial charge is 0.243 e. The third kappa shape index (κ3) is 5.82. The highest BCUT2D eigenvalue weighted by atomic mass is 127. The normalized spacial score (nSPS) is 24.6. The van der Waals surface area contributed by atoms with Crippen molar-refractivity contribution < 1.29 is 8.42 Å². The van der Waals surface area contributed by atoms with E-state index in [1.54, 1.807) is 16.4 Å². The first-order chi connectivity index (χ1) is 12.9. The molecule has 2 N–H and O–H groups in total. The van der Waals surface area contributed by atoms with Gasteiger partial charge in [0.25, 0.3) is 0 Å². The lowest BCUT2D eigenvalue weighted by molar-refractivity contribution is 0.270. The third-order valence-electron chi connectivity index (χ3n) is 5.59. The van der Waals surface area contributed by atoms with E-state index in [9.17, 15) is 8.42 Å². The molecule has 0 bridgehead atoms. The van der Waals surface area contributed by atoms with Crippen LogP contribution in [0.3, 0.4) is 0 Å². The summed E-state index contributed by atoms with van der Waals surface area (Å²) in [7, 11) is -3.40. The molecule has 6 nitrogen and oxygen atoms in total. The highest BCUT2D eigenvalue weighted by Crippen LogP contribution is 2.23. The van der Waals surface area contributed by atoms with E-state index in [0.29, 0.717) is 42.3 Å². The van der Waals surface area contributed by atoms with E-state index in [0.717, 1.165) is 37.9 Å². The SMILES string of the molecule is CC1CCCN(C(N)=NCc2ccc(S(=O)(=O)N3CCCC(C)C3)cc2)C1.I. The summed E-state index contributed by atoms with van der Waals surface area (Å²) < 4.78 is 27.3. The summed E-state index contributed by atoms with van der Waals surface area (Å²) in [6, 6.07) is 7.07. The molecule has 8 heteroatoms. The fraction of sp³-hybridized carbons (Fsp3) is 0.650. The number of benzene rings is 1. The van der Waals surface area contributed by atoms with Crippen molar-refractivity contribution in [3.05, 3.63) is 29.8 Å². The topological polar surface area (TPSA) is 79.0 Å². The molecule has 2 aliphatic rings. The van der Waals surface area contributed by atoms with Crippen LogP contribution in [0.2, 0.25) is 0 Å². The van der Waals surface area contributed by atoms with E-state index in [2.05, 4.69) is 23.7 Å². The van der Waals surface area contributed by atoms with E-state index in [4.69, 9.17) is 5.73 Å². The standard InChI is InChI=1S/C20H32N4O2S.HI/c1-16-5-3-11-23(14-16)20(21)22-13-18-7-9-19(10-8-18)27(25,26)24-12-4-6-17(2)15-24;/h7-10,16-17H,3-6,11-15H2,1-2H3,(H2,21,22);1H. The molecule has 2 unspecified atom stereocenters. The summed E-state index contributed by atoms with van der Waals surface area (Å²) in [5.74, 6) is 1.65. The second-order valence-electron chi connectivity index (χ2n) is 8.12. The molecule has 0 radical (unpaired) electrons. The molecule has 2 atom stereocenters. The first-order valence-corrected chi connectivity index (χ1v) is 11.4. The zero-order valence-electron chi connectivity index (χ0n) is 16.9. The monoisotopic (exact) mass is 520 g/mol. The van der Waals surface area contributed by atoms with Crippen molar-refractivity contribution >= 4 is 40.0 Å². The summed E-state index contributed by atoms with van der Waals surface area (Å²) in [6.45, 7) is 7.96. The van der Waals surface area contributed by atoms with Crippen molar-refractivity contribution in [3.8, 4) is 0 Å². The maximum Gasteiger partial charge on any atom is 0.243 e. The van der Waals surface area contributed by atoms with Crippen molar-refractivity contribution in [3.63, 3.8) is 0 Å². The Morgan fingerprint density at radius 2 is 1.68 bits per heavy atom. The summed E-state index contributed by atoms with van der Waals surface area (Å²) in [5.41, 5.74) is 7.11. The Hall–Kier alpha value is -0.870. The van der Waals surface area contributed by atoms with E-state index in [-0.39, 0.29) is 24.0 Å². The van der Waals surface area contributed by atoms with E-state index < -0.39 is 10.0 Å². The highest BCUT2D eigenvalue weighted by molar-refractivity contribution is 14.0. The molecule has 0 spiro atoms. The minimum absolute atomic E-state index is 0. The molecular formula is C20H33IN4O2S. The van der Waals surface area contributed by atoms with Gasteiger partial charge in [-0.3, -0.25) is 0 Å². The number of halogens is 1. The van der Waals surface area contributed by atoms with Crippen LogP contribution >= 0.6 is 24.0 Å². The van der Waals surface area contributed by atoms with Crippen LogP contribution in [0.4, 0.5) is 0 Å². The van der Waals surface area contributed by atoms with Gasteiger partial charge in [0, 0.05) is 26.2 Å². The van der Waals surface area contributed by atoms with Gasteiger partial charge < -0.3 is 10.6 Å². The summed E-state index contributed by atoms with van der Waals surface area (Å²) in [4.78, 5) is 7.01. The van der Waals surface area contributed by atoms with Crippen LogP contribution < -0.4 is 5.73 Å². The lowest BCUT2D eigenvalue weighted by Gasteiger charge is -2.31. The predicted molar refractivity (Wildman–Crippen MR) is 124 cm³/mol. The molecule has 28 heavy (non-hydrogen) atoms. The lowest BCUT2D eigenvalue weighted by Crippen LogP contribution is -2.43. The number of nitrogens with two attached hydrogens (primary N) is 1. The van der Waals surface area contributed by atoms with Crippen LogP contribution in [0.25, 0.3) is 0 Å². The van der Waals surface area contributed by atoms with Crippen LogP contribution in [0.15, 0.2) is 34.2 Å². The zero-order chi connectivity index (χ0) is 19.4. The van der Waals surface area contributed by atoms with Crippen LogP contribution in [0.1, 0.15) is 45.1 Å². The average molecular weight is 520 g/mol. The number of piperidine rings is 2. The number of hydrogen-bond acceptors (Lipinski definition) is 3. The van der Waals surface area contributed by atoms with Crippen molar-refractivity contribution in [2.24, 2.45) is 22.6 Å². The molecule has 2 heterocycles. The molecule has 0 saturated carbocycles. The van der Waals surface area contributed by atoms with Crippen LogP contribution in [-0.4, -0.2) is 49.8 Å². The Bertz CT molecular complexity index is 767. The second kappa shape index (κ2) is 10.2. The lowest BCUT2D eigenvalue weighted by atomic mass is 10.0. The van der Waals surface area contributed by atoms with Gasteiger partial charge in [0.05, 0.1) is 11.4 Å². The fourth-order valence-corrected chi connectivity index (χ4v) is 5.55. The van der Waals surface area contributed by atoms with Crippen molar-refractivity contribution in [1.82, 2.24) is 9.21 Å². The average Bonchev–Trinajstić information content (AvgIpc) is 2.66. The van der Waals surface area contributed by atoms with Crippen molar-refractivity contribution in [2.75, 3.05) is 26.2 Å². The van der Waals surface area contributed by atoms with E-state index in [1.165, 1.54) is 6.42 Å². The molecule has 0 aliphatic carbocycles. The van der Waals surface area contributed by atoms with Gasteiger partial charge >= 0.3 is 0 Å². The van der Waals surface area contributed by atoms with E-state index >= 15 is 0 Å². The summed E-state index contributed by atoms with van der Waals surface area (Å²) in [5, 5.41) is 0. The molecule has 158 valence electrons. The fourth-order valence-electron chi connectivity index (χ4n) is 3.95. The molecule has 3 rings (SSSR count). The summed E-state index contributed by atoms with van der Waals surface area (Å²) in [6.07, 6.45) is 4.43. The third-order valence-corrected chi connectivity index (χ3v) is 7.46. The molecule has 1 aromatic carbocycles. The largest absolute Gasteiger partial charge is 0.370 e. The number of nitrogens with zero attached hydrogens (tertiary/aromatic N) is 3. The number of rotatable bonds is 4. The molecule has 2 aliphatic heterocycles. The molecule has 2 fully saturated rings. The van der Waals surface area contributed by atoms with Gasteiger partial charge in [0.15, 0.2) is 5.96 Å². The Morgan fingerprint density at radius 3 is 2.29 bits per heavy atom. The van der Waals surface area contributed by atoms with Gasteiger partial charge in [0.1, 0.15) is 0 Å². The minimum atomic E-state index is -3.40. The summed E-state index contributed by atoms with van der Waals surface area (Å²) >= 11 is 0. The molecule has 2 saturated heterocycles. The van der Waals surface area contributed by atoms with Gasteiger partial charge in [-0.05, 0) is 55.2 Å². The Kier molecular flexibility index (Phi) is 8.57. The number of aliphatic imine (C=N–C) groups is 1. The van der Waals surface area contributed by atoms with E-state index in [1.807, 2.05) is 12.1 Å². The molecular weight excluding hydrogens is 487 g/mol. The maximum absolute atomic E-state index is 12.8. The molecule has 0 amide bonds. The second-order valence-corrected chi connectivity index (χ2v) is 10.1. The molecule has 1 aromatic rings. The van der Waals surface area contributed by atoms with Gasteiger partial charge in [-0.25, -0.2) is 13.4 Å². The molecule has 0 aromatic heterocycles. The highest BCUT2D eigenvalue weighted by Gasteiger charge is 2.28. The van der Waals surface area contributed by atoms with Gasteiger partial charge in [-0.2, -0.15) is 4.31 Å². The Morgan fingerprint density at radius 1 is 1.07 bits per heavy atom. The number of sulfonamides is 1. The Balaban J connectivity index is 0.00000280. The number of likely N-dealkylation sites (tertiary alicyclic amines) is 1. The van der Waals surface area contributed by atoms with Crippen LogP contribution in [-0.2, 0) is 16.6 Å². The Labute approximate surface area is 186 Å². The van der Waals surface area contributed by atoms with Crippen LogP contribution in [0.5, 0.6) is 0 Å². The van der Waals surface area contributed by atoms with Crippen molar-refractivity contribution in [2.45, 2.75) is 51.0 Å². The van der Waals surface area contributed by atoms with Gasteiger partial charge in [-0.1, -0.05) is 26.0 Å². The quantitative estimate of drug-likeness (QED) is 0.376. The van der Waals surface area contributed by atoms with Gasteiger partial charge in [0.2, 0.25) is 10.0 Å². The first kappa shape index (κ1) is 23.4. The van der Waals surface area contributed by atoms with Crippen LogP contribution in [0, 0.1) is 11.8 Å². The zero-order valence-corrected chi connectivity index (χ0v) is 20.0. The predicted octanol–water partition coefficient (Wildman–Crippen LogP) is 3.27. The maximum atomic E-state index is 12.8. The minimum Gasteiger partial charge on any atom is -0.370 e. The number of guanidine groups is 1. The van der Waals surface area contributed by atoms with Gasteiger partial charge in [-0.15, -0.1) is 24.0 Å². The number of hydrogen-bond donors (Lipinski definition) is 1.